The molecule has 3 nitrogen and oxygen atoms in total. The Hall–Kier alpha value is -0.380. The van der Waals surface area contributed by atoms with Gasteiger partial charge in [0, 0.05) is 13.1 Å². The van der Waals surface area contributed by atoms with Crippen LogP contribution in [0.1, 0.15) is 12.8 Å². The van der Waals surface area contributed by atoms with Crippen LogP contribution < -0.4 is 0 Å². The molecule has 0 aromatic heterocycles. The molecule has 3 heteroatoms. The fourth-order valence-electron chi connectivity index (χ4n) is 2.13. The van der Waals surface area contributed by atoms with Crippen LogP contribution in [0.25, 0.3) is 0 Å². The summed E-state index contributed by atoms with van der Waals surface area (Å²) in [7, 11) is 2.07. The monoisotopic (exact) mass is 169 g/mol. The molecule has 0 saturated carbocycles. The Morgan fingerprint density at radius 3 is 1.92 bits per heavy atom. The highest BCUT2D eigenvalue weighted by Crippen LogP contribution is 2.30. The summed E-state index contributed by atoms with van der Waals surface area (Å²) in [5.41, 5.74) is 2.69. The second kappa shape index (κ2) is 2.83. The number of aliphatic hydroxyl groups is 2. The van der Waals surface area contributed by atoms with Crippen LogP contribution in [0.5, 0.6) is 0 Å². The van der Waals surface area contributed by atoms with Crippen molar-refractivity contribution in [3.05, 3.63) is 11.1 Å². The van der Waals surface area contributed by atoms with Crippen molar-refractivity contribution in [2.24, 2.45) is 0 Å². The quantitative estimate of drug-likeness (QED) is 0.491. The average Bonchev–Trinajstić information content (AvgIpc) is 2.30. The Balaban J connectivity index is 2.13. The van der Waals surface area contributed by atoms with Gasteiger partial charge in [0.05, 0.1) is 12.2 Å². The van der Waals surface area contributed by atoms with Gasteiger partial charge in [-0.1, -0.05) is 11.1 Å². The molecule has 68 valence electrons. The van der Waals surface area contributed by atoms with Crippen molar-refractivity contribution >= 4 is 0 Å². The van der Waals surface area contributed by atoms with E-state index in [0.29, 0.717) is 12.8 Å². The summed E-state index contributed by atoms with van der Waals surface area (Å²) in [5, 5.41) is 18.8. The minimum absolute atomic E-state index is 0.532. The highest BCUT2D eigenvalue weighted by atomic mass is 16.3. The number of hydrogen-bond donors (Lipinski definition) is 2. The lowest BCUT2D eigenvalue weighted by Gasteiger charge is -2.24. The lowest BCUT2D eigenvalue weighted by Crippen LogP contribution is -2.30. The predicted octanol–water partition coefficient (Wildman–Crippen LogP) is -0.256. The van der Waals surface area contributed by atoms with Crippen molar-refractivity contribution in [2.45, 2.75) is 25.0 Å². The van der Waals surface area contributed by atoms with E-state index in [1.54, 1.807) is 0 Å². The molecule has 2 aliphatic rings. The minimum Gasteiger partial charge on any atom is -0.390 e. The van der Waals surface area contributed by atoms with Gasteiger partial charge in [0.15, 0.2) is 0 Å². The van der Waals surface area contributed by atoms with Crippen molar-refractivity contribution in [3.8, 4) is 0 Å². The molecule has 0 bridgehead atoms. The van der Waals surface area contributed by atoms with Gasteiger partial charge in [-0.05, 0) is 19.9 Å². The third-order valence-corrected chi connectivity index (χ3v) is 2.78. The topological polar surface area (TPSA) is 43.7 Å². The van der Waals surface area contributed by atoms with E-state index in [-0.39, 0.29) is 0 Å². The highest BCUT2D eigenvalue weighted by Gasteiger charge is 2.30. The van der Waals surface area contributed by atoms with E-state index in [9.17, 15) is 10.2 Å². The normalized spacial score (nSPS) is 37.2. The van der Waals surface area contributed by atoms with Gasteiger partial charge in [-0.15, -0.1) is 0 Å². The molecule has 12 heavy (non-hydrogen) atoms. The Bertz CT molecular complexity index is 203. The Kier molecular flexibility index (Phi) is 1.94. The largest absolute Gasteiger partial charge is 0.390 e. The second-order valence-corrected chi connectivity index (χ2v) is 3.92. The summed E-state index contributed by atoms with van der Waals surface area (Å²) in [5.74, 6) is 0. The molecule has 0 spiro atoms. The third kappa shape index (κ3) is 1.28. The SMILES string of the molecule is CN1CC2=C(C[C@H](O)[C@@H](O)C2)C1. The van der Waals surface area contributed by atoms with Gasteiger partial charge < -0.3 is 10.2 Å². The van der Waals surface area contributed by atoms with Gasteiger partial charge in [0.2, 0.25) is 0 Å². The van der Waals surface area contributed by atoms with Crippen molar-refractivity contribution < 1.29 is 10.2 Å². The summed E-state index contributed by atoms with van der Waals surface area (Å²) < 4.78 is 0. The summed E-state index contributed by atoms with van der Waals surface area (Å²) in [6.07, 6.45) is 0.271. The van der Waals surface area contributed by atoms with E-state index in [4.69, 9.17) is 0 Å². The van der Waals surface area contributed by atoms with Crippen LogP contribution >= 0.6 is 0 Å². The summed E-state index contributed by atoms with van der Waals surface area (Å²) in [6, 6.07) is 0. The first-order chi connectivity index (χ1) is 5.66. The Morgan fingerprint density at radius 1 is 1.08 bits per heavy atom. The van der Waals surface area contributed by atoms with Crippen LogP contribution in [0.3, 0.4) is 0 Å². The Morgan fingerprint density at radius 2 is 1.50 bits per heavy atom. The first kappa shape index (κ1) is 8.23. The van der Waals surface area contributed by atoms with Crippen LogP contribution in [-0.4, -0.2) is 47.5 Å². The number of likely N-dealkylation sites (N-methyl/N-ethyl adjacent to an activating group) is 1. The molecular weight excluding hydrogens is 154 g/mol. The smallest absolute Gasteiger partial charge is 0.0839 e. The van der Waals surface area contributed by atoms with Crippen LogP contribution in [0.15, 0.2) is 11.1 Å². The first-order valence-electron chi connectivity index (χ1n) is 4.41. The molecule has 2 rings (SSSR count). The maximum absolute atomic E-state index is 9.41. The zero-order chi connectivity index (χ0) is 8.72. The van der Waals surface area contributed by atoms with Crippen LogP contribution in [-0.2, 0) is 0 Å². The maximum atomic E-state index is 9.41. The van der Waals surface area contributed by atoms with E-state index in [0.717, 1.165) is 13.1 Å². The number of hydrogen-bond acceptors (Lipinski definition) is 3. The van der Waals surface area contributed by atoms with E-state index in [2.05, 4.69) is 11.9 Å². The van der Waals surface area contributed by atoms with Crippen LogP contribution in [0, 0.1) is 0 Å². The van der Waals surface area contributed by atoms with Gasteiger partial charge in [-0.2, -0.15) is 0 Å². The molecule has 0 radical (unpaired) electrons. The maximum Gasteiger partial charge on any atom is 0.0839 e. The van der Waals surface area contributed by atoms with Crippen molar-refractivity contribution in [1.82, 2.24) is 4.90 Å². The molecule has 0 amide bonds. The van der Waals surface area contributed by atoms with Gasteiger partial charge in [-0.25, -0.2) is 0 Å². The zero-order valence-electron chi connectivity index (χ0n) is 7.32. The van der Waals surface area contributed by atoms with Crippen LogP contribution in [0.2, 0.25) is 0 Å². The van der Waals surface area contributed by atoms with Crippen molar-refractivity contribution in [3.63, 3.8) is 0 Å². The highest BCUT2D eigenvalue weighted by molar-refractivity contribution is 5.27. The molecule has 1 heterocycles. The van der Waals surface area contributed by atoms with E-state index in [1.807, 2.05) is 0 Å². The molecule has 0 unspecified atom stereocenters. The molecule has 1 aliphatic heterocycles. The number of rotatable bonds is 0. The first-order valence-corrected chi connectivity index (χ1v) is 4.41. The second-order valence-electron chi connectivity index (χ2n) is 3.92. The molecule has 0 aromatic carbocycles. The van der Waals surface area contributed by atoms with Gasteiger partial charge in [0.1, 0.15) is 0 Å². The fourth-order valence-corrected chi connectivity index (χ4v) is 2.13. The van der Waals surface area contributed by atoms with E-state index < -0.39 is 12.2 Å². The van der Waals surface area contributed by atoms with Gasteiger partial charge in [-0.3, -0.25) is 4.90 Å². The summed E-state index contributed by atoms with van der Waals surface area (Å²) >= 11 is 0. The predicted molar refractivity (Wildman–Crippen MR) is 45.8 cm³/mol. The van der Waals surface area contributed by atoms with E-state index >= 15 is 0 Å². The van der Waals surface area contributed by atoms with Gasteiger partial charge in [0.25, 0.3) is 0 Å². The van der Waals surface area contributed by atoms with E-state index in [1.165, 1.54) is 11.1 Å². The lowest BCUT2D eigenvalue weighted by molar-refractivity contribution is 0.0149. The minimum atomic E-state index is -0.532. The molecule has 2 atom stereocenters. The van der Waals surface area contributed by atoms with Crippen molar-refractivity contribution in [1.29, 1.82) is 0 Å². The Labute approximate surface area is 72.3 Å². The zero-order valence-corrected chi connectivity index (χ0v) is 7.32. The molecule has 2 N–H and O–H groups in total. The standard InChI is InChI=1S/C9H15NO2/c1-10-4-6-2-8(11)9(12)3-7(6)5-10/h8-9,11-12H,2-5H2,1H3/t8-,9-/m0/s1. The fraction of sp³-hybridized carbons (Fsp3) is 0.778. The van der Waals surface area contributed by atoms with Crippen molar-refractivity contribution in [2.75, 3.05) is 20.1 Å². The number of nitrogens with zero attached hydrogens (tertiary/aromatic N) is 1. The average molecular weight is 169 g/mol. The van der Waals surface area contributed by atoms with Gasteiger partial charge >= 0.3 is 0 Å². The van der Waals surface area contributed by atoms with Crippen LogP contribution in [0.4, 0.5) is 0 Å². The summed E-state index contributed by atoms with van der Waals surface area (Å²) in [4.78, 5) is 2.22. The summed E-state index contributed by atoms with van der Waals surface area (Å²) in [6.45, 7) is 1.94. The molecule has 0 saturated heterocycles. The lowest BCUT2D eigenvalue weighted by atomic mass is 9.90. The molecule has 0 aromatic rings. The molecular formula is C9H15NO2. The molecule has 0 fully saturated rings. The molecule has 1 aliphatic carbocycles. The number of aliphatic hydroxyl groups excluding tert-OH is 2. The third-order valence-electron chi connectivity index (χ3n) is 2.78.